The van der Waals surface area contributed by atoms with Crippen LogP contribution in [0, 0.1) is 17.8 Å². The molecule has 0 radical (unpaired) electrons. The topological polar surface area (TPSA) is 229 Å². The molecule has 8 N–H and O–H groups in total. The molecule has 1 heterocycles. The second-order valence-corrected chi connectivity index (χ2v) is 15.0. The van der Waals surface area contributed by atoms with Gasteiger partial charge in [-0.25, -0.2) is 4.79 Å². The van der Waals surface area contributed by atoms with Crippen molar-refractivity contribution in [1.29, 1.82) is 0 Å². The summed E-state index contributed by atoms with van der Waals surface area (Å²) in [5.41, 5.74) is 6.82. The molecule has 0 bridgehead atoms. The van der Waals surface area contributed by atoms with E-state index in [2.05, 4.69) is 39.2 Å². The van der Waals surface area contributed by atoms with Gasteiger partial charge in [-0.05, 0) is 49.0 Å². The van der Waals surface area contributed by atoms with Gasteiger partial charge in [0, 0.05) is 18.7 Å². The van der Waals surface area contributed by atoms with Gasteiger partial charge >= 0.3 is 5.97 Å². The van der Waals surface area contributed by atoms with Crippen molar-refractivity contribution in [3.8, 4) is 0 Å². The van der Waals surface area contributed by atoms with E-state index in [-0.39, 0.29) is 36.5 Å². The van der Waals surface area contributed by atoms with E-state index in [0.29, 0.717) is 32.1 Å². The van der Waals surface area contributed by atoms with Crippen LogP contribution in [0.3, 0.4) is 0 Å². The number of nitrogens with zero attached hydrogens (tertiary/aromatic N) is 1. The highest BCUT2D eigenvalue weighted by Gasteiger charge is 2.37. The molecule has 1 aromatic rings. The molecular formula is C37H59N7O8S. The van der Waals surface area contributed by atoms with Crippen molar-refractivity contribution in [3.63, 3.8) is 0 Å². The van der Waals surface area contributed by atoms with Crippen LogP contribution in [0.15, 0.2) is 30.3 Å². The fourth-order valence-electron chi connectivity index (χ4n) is 6.05. The van der Waals surface area contributed by atoms with Crippen LogP contribution in [0.1, 0.15) is 79.2 Å². The monoisotopic (exact) mass is 761 g/mol. The molecule has 6 amide bonds. The molecule has 15 nitrogen and oxygen atoms in total. The number of likely N-dealkylation sites (tertiary alicyclic amines) is 1. The molecule has 0 aromatic heterocycles. The Morgan fingerprint density at radius 1 is 0.830 bits per heavy atom. The van der Waals surface area contributed by atoms with Crippen LogP contribution in [0.2, 0.25) is 0 Å². The molecule has 1 aliphatic rings. The van der Waals surface area contributed by atoms with Crippen LogP contribution in [-0.2, 0) is 40.0 Å². The van der Waals surface area contributed by atoms with Gasteiger partial charge in [0.2, 0.25) is 35.4 Å². The third-order valence-electron chi connectivity index (χ3n) is 9.20. The van der Waals surface area contributed by atoms with Crippen LogP contribution < -0.4 is 32.3 Å². The average Bonchev–Trinajstić information content (AvgIpc) is 3.61. The standard InChI is InChI=1S/C37H59N7O8S/c1-7-23(6)31(37(51)52)43-35(49)28(20-53)42-36(50)29-14-11-15-44(29)30(45)19-39-33(47)27(18-24-12-9-8-10-13-24)41-34(48)26(17-22(4)5)40-32(46)25(38)16-21(2)3/h8-10,12-13,21-23,25-29,31,53H,7,11,14-20,38H2,1-6H3,(H,39,47)(H,40,46)(H,41,48)(H,42,50)(H,43,49)(H,51,52). The number of benzene rings is 1. The summed E-state index contributed by atoms with van der Waals surface area (Å²) in [5, 5.41) is 22.8. The summed E-state index contributed by atoms with van der Waals surface area (Å²) < 4.78 is 0. The Labute approximate surface area is 318 Å². The Balaban J connectivity index is 2.14. The van der Waals surface area contributed by atoms with Crippen LogP contribution in [0.5, 0.6) is 0 Å². The highest BCUT2D eigenvalue weighted by molar-refractivity contribution is 7.80. The first-order valence-electron chi connectivity index (χ1n) is 18.4. The predicted molar refractivity (Wildman–Crippen MR) is 203 cm³/mol. The fourth-order valence-corrected chi connectivity index (χ4v) is 6.31. The molecule has 1 fully saturated rings. The summed E-state index contributed by atoms with van der Waals surface area (Å²) >= 11 is 4.18. The molecule has 0 saturated carbocycles. The molecular weight excluding hydrogens is 703 g/mol. The van der Waals surface area contributed by atoms with E-state index in [4.69, 9.17) is 5.73 Å². The number of amides is 6. The Morgan fingerprint density at radius 2 is 1.43 bits per heavy atom. The number of hydrogen-bond donors (Lipinski definition) is 8. The maximum absolute atomic E-state index is 13.6. The lowest BCUT2D eigenvalue weighted by Gasteiger charge is -2.28. The Kier molecular flexibility index (Phi) is 18.8. The maximum Gasteiger partial charge on any atom is 0.326 e. The molecule has 53 heavy (non-hydrogen) atoms. The van der Waals surface area contributed by atoms with Gasteiger partial charge in [0.15, 0.2) is 0 Å². The fraction of sp³-hybridized carbons (Fsp3) is 0.649. The van der Waals surface area contributed by atoms with Gasteiger partial charge < -0.3 is 42.3 Å². The average molecular weight is 762 g/mol. The third kappa shape index (κ3) is 14.6. The lowest BCUT2D eigenvalue weighted by atomic mass is 9.99. The quantitative estimate of drug-likeness (QED) is 0.0826. The van der Waals surface area contributed by atoms with Crippen molar-refractivity contribution >= 4 is 54.0 Å². The highest BCUT2D eigenvalue weighted by atomic mass is 32.1. The zero-order valence-corrected chi connectivity index (χ0v) is 32.6. The van der Waals surface area contributed by atoms with Gasteiger partial charge in [-0.2, -0.15) is 12.6 Å². The number of thiol groups is 1. The van der Waals surface area contributed by atoms with Crippen molar-refractivity contribution in [2.24, 2.45) is 23.5 Å². The number of nitrogens with two attached hydrogens (primary N) is 1. The molecule has 7 unspecified atom stereocenters. The first-order chi connectivity index (χ1) is 25.0. The second kappa shape index (κ2) is 22.1. The van der Waals surface area contributed by atoms with Crippen molar-refractivity contribution in [3.05, 3.63) is 35.9 Å². The van der Waals surface area contributed by atoms with Crippen LogP contribution in [0.4, 0.5) is 0 Å². The van der Waals surface area contributed by atoms with Crippen LogP contribution in [-0.4, -0.2) is 107 Å². The van der Waals surface area contributed by atoms with Crippen LogP contribution >= 0.6 is 12.6 Å². The van der Waals surface area contributed by atoms with E-state index in [9.17, 15) is 38.7 Å². The van der Waals surface area contributed by atoms with Gasteiger partial charge in [-0.1, -0.05) is 78.3 Å². The number of carboxylic acid groups (broad SMARTS) is 1. The summed E-state index contributed by atoms with van der Waals surface area (Å²) in [6, 6.07) is 2.92. The largest absolute Gasteiger partial charge is 0.480 e. The maximum atomic E-state index is 13.6. The number of carbonyl (C=O) groups excluding carboxylic acids is 6. The van der Waals surface area contributed by atoms with Crippen molar-refractivity contribution in [2.45, 2.75) is 116 Å². The van der Waals surface area contributed by atoms with Gasteiger partial charge in [0.1, 0.15) is 30.2 Å². The molecule has 1 aromatic carbocycles. The van der Waals surface area contributed by atoms with E-state index in [1.165, 1.54) is 4.90 Å². The summed E-state index contributed by atoms with van der Waals surface area (Å²) in [6.45, 7) is 11.0. The molecule has 1 aliphatic heterocycles. The predicted octanol–water partition coefficient (Wildman–Crippen LogP) is 0.756. The minimum absolute atomic E-state index is 0.0286. The van der Waals surface area contributed by atoms with E-state index in [1.807, 2.05) is 33.8 Å². The summed E-state index contributed by atoms with van der Waals surface area (Å²) in [4.78, 5) is 92.7. The number of hydrogen-bond acceptors (Lipinski definition) is 9. The zero-order valence-electron chi connectivity index (χ0n) is 31.7. The van der Waals surface area contributed by atoms with E-state index >= 15 is 0 Å². The Bertz CT molecular complexity index is 1410. The zero-order chi connectivity index (χ0) is 39.8. The Hall–Kier alpha value is -4.18. The van der Waals surface area contributed by atoms with E-state index in [0.717, 1.165) is 5.56 Å². The summed E-state index contributed by atoms with van der Waals surface area (Å²) in [5.74, 6) is -4.97. The van der Waals surface area contributed by atoms with Crippen molar-refractivity contribution in [2.75, 3.05) is 18.8 Å². The summed E-state index contributed by atoms with van der Waals surface area (Å²) in [6.07, 6.45) is 2.16. The molecule has 16 heteroatoms. The van der Waals surface area contributed by atoms with Gasteiger partial charge in [0.05, 0.1) is 12.6 Å². The lowest BCUT2D eigenvalue weighted by Crippen LogP contribution is -2.58. The second-order valence-electron chi connectivity index (χ2n) is 14.6. The third-order valence-corrected chi connectivity index (χ3v) is 9.56. The molecule has 0 aliphatic carbocycles. The Morgan fingerprint density at radius 3 is 2.00 bits per heavy atom. The first-order valence-corrected chi connectivity index (χ1v) is 19.0. The molecule has 7 atom stereocenters. The first kappa shape index (κ1) is 45.0. The number of carbonyl (C=O) groups is 7. The van der Waals surface area contributed by atoms with Gasteiger partial charge in [0.25, 0.3) is 0 Å². The molecule has 1 saturated heterocycles. The number of aliphatic carboxylic acids is 1. The van der Waals surface area contributed by atoms with E-state index < -0.39 is 84.2 Å². The van der Waals surface area contributed by atoms with Crippen molar-refractivity contribution in [1.82, 2.24) is 31.5 Å². The van der Waals surface area contributed by atoms with Crippen molar-refractivity contribution < 1.29 is 38.7 Å². The smallest absolute Gasteiger partial charge is 0.326 e. The molecule has 296 valence electrons. The lowest BCUT2D eigenvalue weighted by molar-refractivity contribution is -0.144. The SMILES string of the molecule is CCC(C)C(NC(=O)C(CS)NC(=O)C1CCCN1C(=O)CNC(=O)C(Cc1ccccc1)NC(=O)C(CC(C)C)NC(=O)C(N)CC(C)C)C(=O)O. The minimum Gasteiger partial charge on any atom is -0.480 e. The number of nitrogens with one attached hydrogen (secondary N) is 5. The van der Waals surface area contributed by atoms with Gasteiger partial charge in [-0.3, -0.25) is 28.8 Å². The summed E-state index contributed by atoms with van der Waals surface area (Å²) in [7, 11) is 0. The molecule has 0 spiro atoms. The van der Waals surface area contributed by atoms with E-state index in [1.54, 1.807) is 38.1 Å². The highest BCUT2D eigenvalue weighted by Crippen LogP contribution is 2.18. The normalized spacial score (nSPS) is 17.5. The van der Waals surface area contributed by atoms with Crippen LogP contribution in [0.25, 0.3) is 0 Å². The van der Waals surface area contributed by atoms with Gasteiger partial charge in [-0.15, -0.1) is 0 Å². The number of carboxylic acids is 1. The number of rotatable bonds is 21. The molecule has 2 rings (SSSR count). The minimum atomic E-state index is -1.19.